The molecule has 1 aromatic carbocycles. The van der Waals surface area contributed by atoms with Gasteiger partial charge < -0.3 is 24.9 Å². The SMILES string of the molecule is O=C(On1c(O)ccc1O)N1CC2CN(Cc3ccc(C(=O)N4CCCC4)cc3F)CC2C1. The molecule has 5 rings (SSSR count). The highest BCUT2D eigenvalue weighted by atomic mass is 19.1. The van der Waals surface area contributed by atoms with Gasteiger partial charge in [0.15, 0.2) is 0 Å². The van der Waals surface area contributed by atoms with Crippen LogP contribution in [0, 0.1) is 17.7 Å². The molecule has 33 heavy (non-hydrogen) atoms. The molecular weight excluding hydrogens is 431 g/mol. The van der Waals surface area contributed by atoms with Gasteiger partial charge in [-0.15, -0.1) is 4.73 Å². The Morgan fingerprint density at radius 3 is 2.18 bits per heavy atom. The molecule has 0 spiro atoms. The molecule has 2 atom stereocenters. The number of likely N-dealkylation sites (tertiary alicyclic amines) is 3. The highest BCUT2D eigenvalue weighted by Gasteiger charge is 2.42. The van der Waals surface area contributed by atoms with Crippen molar-refractivity contribution < 1.29 is 29.0 Å². The van der Waals surface area contributed by atoms with Crippen LogP contribution < -0.4 is 4.84 Å². The van der Waals surface area contributed by atoms with Crippen molar-refractivity contribution in [3.8, 4) is 11.8 Å². The predicted octanol–water partition coefficient (Wildman–Crippen LogP) is 1.89. The Morgan fingerprint density at radius 2 is 1.58 bits per heavy atom. The number of carbonyl (C=O) groups excluding carboxylic acids is 2. The number of halogens is 1. The zero-order chi connectivity index (χ0) is 23.1. The van der Waals surface area contributed by atoms with Gasteiger partial charge in [0, 0.05) is 69.1 Å². The molecule has 0 aliphatic carbocycles. The molecule has 3 fully saturated rings. The number of nitrogens with zero attached hydrogens (tertiary/aromatic N) is 4. The quantitative estimate of drug-likeness (QED) is 0.726. The maximum atomic E-state index is 14.7. The summed E-state index contributed by atoms with van der Waals surface area (Å²) in [5.41, 5.74) is 0.952. The topological polar surface area (TPSA) is 98.5 Å². The summed E-state index contributed by atoms with van der Waals surface area (Å²) in [6.07, 6.45) is 1.36. The number of carbonyl (C=O) groups is 2. The molecule has 176 valence electrons. The zero-order valence-corrected chi connectivity index (χ0v) is 18.2. The van der Waals surface area contributed by atoms with Crippen molar-refractivity contribution in [1.82, 2.24) is 19.4 Å². The fourth-order valence-corrected chi connectivity index (χ4v) is 5.15. The van der Waals surface area contributed by atoms with Gasteiger partial charge in [0.2, 0.25) is 11.8 Å². The number of aromatic nitrogens is 1. The van der Waals surface area contributed by atoms with Crippen molar-refractivity contribution >= 4 is 12.0 Å². The van der Waals surface area contributed by atoms with Crippen molar-refractivity contribution in [3.05, 3.63) is 47.3 Å². The number of hydrogen-bond donors (Lipinski definition) is 2. The van der Waals surface area contributed by atoms with Crippen molar-refractivity contribution in [1.29, 1.82) is 0 Å². The first-order valence-corrected chi connectivity index (χ1v) is 11.3. The van der Waals surface area contributed by atoms with E-state index in [-0.39, 0.29) is 35.3 Å². The molecular formula is C23H27FN4O5. The van der Waals surface area contributed by atoms with E-state index in [4.69, 9.17) is 4.84 Å². The van der Waals surface area contributed by atoms with Gasteiger partial charge >= 0.3 is 6.09 Å². The van der Waals surface area contributed by atoms with Crippen LogP contribution in [0.4, 0.5) is 9.18 Å². The minimum Gasteiger partial charge on any atom is -0.492 e. The molecule has 2 amide bonds. The van der Waals surface area contributed by atoms with Crippen molar-refractivity contribution in [2.24, 2.45) is 11.8 Å². The highest BCUT2D eigenvalue weighted by molar-refractivity contribution is 5.94. The molecule has 2 unspecified atom stereocenters. The maximum absolute atomic E-state index is 14.7. The van der Waals surface area contributed by atoms with Crippen LogP contribution in [-0.4, -0.2) is 80.9 Å². The van der Waals surface area contributed by atoms with Crippen LogP contribution >= 0.6 is 0 Å². The summed E-state index contributed by atoms with van der Waals surface area (Å²) >= 11 is 0. The molecule has 3 aliphatic rings. The third-order valence-electron chi connectivity index (χ3n) is 6.87. The summed E-state index contributed by atoms with van der Waals surface area (Å²) in [4.78, 5) is 35.5. The largest absolute Gasteiger partial charge is 0.492 e. The molecule has 3 aliphatic heterocycles. The average molecular weight is 458 g/mol. The lowest BCUT2D eigenvalue weighted by Gasteiger charge is -2.22. The number of rotatable bonds is 4. The fourth-order valence-electron chi connectivity index (χ4n) is 5.15. The number of hydrogen-bond acceptors (Lipinski definition) is 6. The van der Waals surface area contributed by atoms with E-state index in [0.717, 1.165) is 39.0 Å². The molecule has 0 bridgehead atoms. The van der Waals surface area contributed by atoms with Gasteiger partial charge in [-0.05, 0) is 36.8 Å². The smallest absolute Gasteiger partial charge is 0.434 e. The summed E-state index contributed by atoms with van der Waals surface area (Å²) in [6, 6.07) is 7.21. The second-order valence-electron chi connectivity index (χ2n) is 9.13. The predicted molar refractivity (Wildman–Crippen MR) is 115 cm³/mol. The van der Waals surface area contributed by atoms with Crippen molar-refractivity contribution in [3.63, 3.8) is 0 Å². The van der Waals surface area contributed by atoms with E-state index in [2.05, 4.69) is 4.90 Å². The molecule has 1 aromatic heterocycles. The molecule has 10 heteroatoms. The first kappa shape index (κ1) is 21.6. The summed E-state index contributed by atoms with van der Waals surface area (Å²) in [6.45, 7) is 4.36. The van der Waals surface area contributed by atoms with Crippen LogP contribution in [0.2, 0.25) is 0 Å². The van der Waals surface area contributed by atoms with Gasteiger partial charge in [0.05, 0.1) is 0 Å². The van der Waals surface area contributed by atoms with Crippen LogP contribution in [0.15, 0.2) is 30.3 Å². The number of aromatic hydroxyl groups is 2. The van der Waals surface area contributed by atoms with Crippen LogP contribution in [0.5, 0.6) is 11.8 Å². The molecule has 2 aromatic rings. The molecule has 0 saturated carbocycles. The first-order chi connectivity index (χ1) is 15.9. The van der Waals surface area contributed by atoms with E-state index in [9.17, 15) is 24.2 Å². The highest BCUT2D eigenvalue weighted by Crippen LogP contribution is 2.32. The van der Waals surface area contributed by atoms with Crippen molar-refractivity contribution in [2.45, 2.75) is 19.4 Å². The van der Waals surface area contributed by atoms with Crippen LogP contribution in [-0.2, 0) is 6.54 Å². The van der Waals surface area contributed by atoms with E-state index < -0.39 is 6.09 Å². The fraction of sp³-hybridized carbons (Fsp3) is 0.478. The van der Waals surface area contributed by atoms with Gasteiger partial charge in [-0.1, -0.05) is 6.07 Å². The van der Waals surface area contributed by atoms with Crippen LogP contribution in [0.1, 0.15) is 28.8 Å². The first-order valence-electron chi connectivity index (χ1n) is 11.3. The van der Waals surface area contributed by atoms with E-state index in [1.807, 2.05) is 0 Å². The summed E-state index contributed by atoms with van der Waals surface area (Å²) in [7, 11) is 0. The normalized spacial score (nSPS) is 22.7. The van der Waals surface area contributed by atoms with Crippen molar-refractivity contribution in [2.75, 3.05) is 39.3 Å². The molecule has 0 radical (unpaired) electrons. The molecule has 2 N–H and O–H groups in total. The Bertz CT molecular complexity index is 1030. The average Bonchev–Trinajstić information content (AvgIpc) is 3.56. The lowest BCUT2D eigenvalue weighted by molar-refractivity contribution is 0.0772. The van der Waals surface area contributed by atoms with Crippen LogP contribution in [0.3, 0.4) is 0 Å². The van der Waals surface area contributed by atoms with Gasteiger partial charge in [0.1, 0.15) is 5.82 Å². The standard InChI is InChI=1S/C23H27FN4O5/c24-19-9-15(22(31)26-7-1-2-8-26)3-4-16(19)10-25-11-17-13-27(14-18(17)12-25)23(32)33-28-20(29)5-6-21(28)30/h3-6,9,17-18,29-30H,1-2,7-8,10-14H2. The third-order valence-corrected chi connectivity index (χ3v) is 6.87. The van der Waals surface area contributed by atoms with E-state index in [1.165, 1.54) is 18.2 Å². The summed E-state index contributed by atoms with van der Waals surface area (Å²) < 4.78 is 15.4. The van der Waals surface area contributed by atoms with Gasteiger partial charge in [-0.25, -0.2) is 9.18 Å². The molecule has 3 saturated heterocycles. The summed E-state index contributed by atoms with van der Waals surface area (Å²) in [5.74, 6) is -0.717. The van der Waals surface area contributed by atoms with E-state index in [1.54, 1.807) is 21.9 Å². The second kappa shape index (κ2) is 8.58. The molecule has 9 nitrogen and oxygen atoms in total. The Kier molecular flexibility index (Phi) is 5.61. The lowest BCUT2D eigenvalue weighted by atomic mass is 10.0. The monoisotopic (exact) mass is 458 g/mol. The van der Waals surface area contributed by atoms with E-state index in [0.29, 0.717) is 35.5 Å². The van der Waals surface area contributed by atoms with Gasteiger partial charge in [-0.3, -0.25) is 9.69 Å². The van der Waals surface area contributed by atoms with Crippen LogP contribution in [0.25, 0.3) is 0 Å². The molecule has 4 heterocycles. The Hall–Kier alpha value is -3.27. The van der Waals surface area contributed by atoms with E-state index >= 15 is 0 Å². The maximum Gasteiger partial charge on any atom is 0.434 e. The number of fused-ring (bicyclic) bond motifs is 1. The van der Waals surface area contributed by atoms with Gasteiger partial charge in [-0.2, -0.15) is 0 Å². The minimum atomic E-state index is -0.637. The lowest BCUT2D eigenvalue weighted by Crippen LogP contribution is -2.37. The summed E-state index contributed by atoms with van der Waals surface area (Å²) in [5, 5.41) is 19.3. The Labute approximate surface area is 190 Å². The number of benzene rings is 1. The second-order valence-corrected chi connectivity index (χ2v) is 9.13. The zero-order valence-electron chi connectivity index (χ0n) is 18.2. The Balaban J connectivity index is 1.15. The Morgan fingerprint density at radius 1 is 0.939 bits per heavy atom. The third kappa shape index (κ3) is 4.22. The number of amides is 2. The minimum absolute atomic E-state index is 0.109. The van der Waals surface area contributed by atoms with Gasteiger partial charge in [0.25, 0.3) is 5.91 Å².